The molecule has 4 N–H and O–H groups in total. The fraction of sp³-hybridized carbons (Fsp3) is 0.250. The molecule has 86 valence electrons. The molecule has 0 amide bonds. The van der Waals surface area contributed by atoms with E-state index in [2.05, 4.69) is 0 Å². The standard InChI is InChI=1S/C8H12N2.4ClH/c9-5-7-3-1-2-4-8(7)6-10;;;;/h1-4H,5-6,9-10H2;4*1H. The van der Waals surface area contributed by atoms with E-state index in [0.717, 1.165) is 11.1 Å². The summed E-state index contributed by atoms with van der Waals surface area (Å²) in [6, 6.07) is 7.95. The first-order chi connectivity index (χ1) is 4.88. The summed E-state index contributed by atoms with van der Waals surface area (Å²) in [5, 5.41) is 0. The van der Waals surface area contributed by atoms with Gasteiger partial charge in [-0.15, -0.1) is 49.6 Å². The maximum atomic E-state index is 5.47. The average molecular weight is 282 g/mol. The number of hydrogen-bond donors (Lipinski definition) is 2. The van der Waals surface area contributed by atoms with Gasteiger partial charge in [-0.3, -0.25) is 0 Å². The molecule has 1 aromatic carbocycles. The topological polar surface area (TPSA) is 52.0 Å². The fourth-order valence-corrected chi connectivity index (χ4v) is 0.956. The lowest BCUT2D eigenvalue weighted by molar-refractivity contribution is 0.980. The van der Waals surface area contributed by atoms with Gasteiger partial charge < -0.3 is 11.5 Å². The lowest BCUT2D eigenvalue weighted by Crippen LogP contribution is -2.05. The minimum atomic E-state index is 0. The molecular weight excluding hydrogens is 266 g/mol. The fourth-order valence-electron chi connectivity index (χ4n) is 0.956. The zero-order valence-electron chi connectivity index (χ0n) is 7.51. The van der Waals surface area contributed by atoms with E-state index in [1.807, 2.05) is 24.3 Å². The highest BCUT2D eigenvalue weighted by Crippen LogP contribution is 2.05. The Hall–Kier alpha value is 0.300. The third-order valence-electron chi connectivity index (χ3n) is 1.56. The Morgan fingerprint density at radius 2 is 1.00 bits per heavy atom. The maximum absolute atomic E-state index is 5.47. The molecule has 14 heavy (non-hydrogen) atoms. The Morgan fingerprint density at radius 1 is 0.714 bits per heavy atom. The van der Waals surface area contributed by atoms with Gasteiger partial charge in [0.05, 0.1) is 0 Å². The quantitative estimate of drug-likeness (QED) is 0.874. The summed E-state index contributed by atoms with van der Waals surface area (Å²) in [5.74, 6) is 0. The normalized spacial score (nSPS) is 7.00. The second-order valence-electron chi connectivity index (χ2n) is 2.18. The van der Waals surface area contributed by atoms with Crippen molar-refractivity contribution < 1.29 is 0 Å². The lowest BCUT2D eigenvalue weighted by atomic mass is 10.1. The van der Waals surface area contributed by atoms with Gasteiger partial charge in [-0.1, -0.05) is 24.3 Å². The van der Waals surface area contributed by atoms with Crippen LogP contribution in [0.1, 0.15) is 11.1 Å². The van der Waals surface area contributed by atoms with Crippen LogP contribution in [0.4, 0.5) is 0 Å². The van der Waals surface area contributed by atoms with Gasteiger partial charge >= 0.3 is 0 Å². The molecule has 0 bridgehead atoms. The predicted molar refractivity (Wildman–Crippen MR) is 71.2 cm³/mol. The highest BCUT2D eigenvalue weighted by molar-refractivity contribution is 5.86. The van der Waals surface area contributed by atoms with Gasteiger partial charge in [0.1, 0.15) is 0 Å². The molecule has 0 unspecified atom stereocenters. The van der Waals surface area contributed by atoms with Crippen molar-refractivity contribution in [2.75, 3.05) is 0 Å². The number of rotatable bonds is 2. The molecule has 0 aliphatic heterocycles. The van der Waals surface area contributed by atoms with Crippen molar-refractivity contribution in [1.29, 1.82) is 0 Å². The van der Waals surface area contributed by atoms with Crippen molar-refractivity contribution in [2.24, 2.45) is 11.5 Å². The molecule has 6 heteroatoms. The molecule has 0 saturated heterocycles. The lowest BCUT2D eigenvalue weighted by Gasteiger charge is -2.02. The summed E-state index contributed by atoms with van der Waals surface area (Å²) in [7, 11) is 0. The number of halogens is 4. The van der Waals surface area contributed by atoms with Crippen molar-refractivity contribution in [1.82, 2.24) is 0 Å². The third-order valence-corrected chi connectivity index (χ3v) is 1.56. The molecule has 0 radical (unpaired) electrons. The minimum Gasteiger partial charge on any atom is -0.326 e. The van der Waals surface area contributed by atoms with Crippen LogP contribution in [-0.4, -0.2) is 0 Å². The van der Waals surface area contributed by atoms with Gasteiger partial charge in [-0.2, -0.15) is 0 Å². The molecule has 2 nitrogen and oxygen atoms in total. The first-order valence-electron chi connectivity index (χ1n) is 3.35. The molecule has 0 aliphatic rings. The van der Waals surface area contributed by atoms with Gasteiger partial charge in [-0.25, -0.2) is 0 Å². The summed E-state index contributed by atoms with van der Waals surface area (Å²) >= 11 is 0. The second kappa shape index (κ2) is 13.3. The van der Waals surface area contributed by atoms with Crippen molar-refractivity contribution in [2.45, 2.75) is 13.1 Å². The number of hydrogen-bond acceptors (Lipinski definition) is 2. The Morgan fingerprint density at radius 3 is 1.21 bits per heavy atom. The second-order valence-corrected chi connectivity index (χ2v) is 2.18. The van der Waals surface area contributed by atoms with E-state index in [0.29, 0.717) is 13.1 Å². The van der Waals surface area contributed by atoms with Gasteiger partial charge in [-0.05, 0) is 11.1 Å². The van der Waals surface area contributed by atoms with Crippen molar-refractivity contribution >= 4 is 49.6 Å². The smallest absolute Gasteiger partial charge is 0.0181 e. The van der Waals surface area contributed by atoms with Crippen molar-refractivity contribution in [3.63, 3.8) is 0 Å². The molecule has 0 heterocycles. The van der Waals surface area contributed by atoms with Crippen LogP contribution < -0.4 is 11.5 Å². The Kier molecular flexibility index (Phi) is 22.7. The van der Waals surface area contributed by atoms with E-state index in [1.54, 1.807) is 0 Å². The molecule has 0 aliphatic carbocycles. The molecular formula is C8H16Cl4N2. The van der Waals surface area contributed by atoms with E-state index < -0.39 is 0 Å². The molecule has 0 saturated carbocycles. The van der Waals surface area contributed by atoms with Crippen molar-refractivity contribution in [3.8, 4) is 0 Å². The largest absolute Gasteiger partial charge is 0.326 e. The van der Waals surface area contributed by atoms with Crippen LogP contribution in [0, 0.1) is 0 Å². The van der Waals surface area contributed by atoms with Crippen LogP contribution in [0.5, 0.6) is 0 Å². The van der Waals surface area contributed by atoms with Crippen molar-refractivity contribution in [3.05, 3.63) is 35.4 Å². The molecule has 0 atom stereocenters. The van der Waals surface area contributed by atoms with E-state index in [9.17, 15) is 0 Å². The summed E-state index contributed by atoms with van der Waals surface area (Å²) in [4.78, 5) is 0. The predicted octanol–water partition coefficient (Wildman–Crippen LogP) is 2.29. The number of benzene rings is 1. The molecule has 1 aromatic rings. The van der Waals surface area contributed by atoms with Crippen LogP contribution in [0.25, 0.3) is 0 Å². The van der Waals surface area contributed by atoms with Crippen LogP contribution in [0.15, 0.2) is 24.3 Å². The molecule has 0 spiro atoms. The van der Waals surface area contributed by atoms with Gasteiger partial charge in [0.15, 0.2) is 0 Å². The van der Waals surface area contributed by atoms with Gasteiger partial charge in [0.2, 0.25) is 0 Å². The number of nitrogens with two attached hydrogens (primary N) is 2. The molecule has 0 aromatic heterocycles. The average Bonchev–Trinajstić information content (AvgIpc) is 2.04. The zero-order chi connectivity index (χ0) is 7.40. The summed E-state index contributed by atoms with van der Waals surface area (Å²) < 4.78 is 0. The van der Waals surface area contributed by atoms with E-state index >= 15 is 0 Å². The third kappa shape index (κ3) is 6.71. The van der Waals surface area contributed by atoms with Crippen LogP contribution in [0.3, 0.4) is 0 Å². The van der Waals surface area contributed by atoms with Gasteiger partial charge in [0.25, 0.3) is 0 Å². The summed E-state index contributed by atoms with van der Waals surface area (Å²) in [6.07, 6.45) is 0. The Labute approximate surface area is 109 Å². The first-order valence-corrected chi connectivity index (χ1v) is 3.35. The monoisotopic (exact) mass is 280 g/mol. The van der Waals surface area contributed by atoms with E-state index in [4.69, 9.17) is 11.5 Å². The minimum absolute atomic E-state index is 0. The highest BCUT2D eigenvalue weighted by Gasteiger charge is 1.94. The van der Waals surface area contributed by atoms with Gasteiger partial charge in [0, 0.05) is 13.1 Å². The summed E-state index contributed by atoms with van der Waals surface area (Å²) in [6.45, 7) is 1.15. The van der Waals surface area contributed by atoms with E-state index in [1.165, 1.54) is 0 Å². The SMILES string of the molecule is Cl.Cl.Cl.Cl.NCc1ccccc1CN. The molecule has 0 fully saturated rings. The van der Waals surface area contributed by atoms with Crippen LogP contribution in [0.2, 0.25) is 0 Å². The van der Waals surface area contributed by atoms with E-state index in [-0.39, 0.29) is 49.6 Å². The highest BCUT2D eigenvalue weighted by atomic mass is 35.5. The van der Waals surface area contributed by atoms with Crippen LogP contribution in [-0.2, 0) is 13.1 Å². The zero-order valence-corrected chi connectivity index (χ0v) is 10.8. The van der Waals surface area contributed by atoms with Crippen LogP contribution >= 0.6 is 49.6 Å². The molecule has 1 rings (SSSR count). The maximum Gasteiger partial charge on any atom is 0.0181 e. The summed E-state index contributed by atoms with van der Waals surface area (Å²) in [5.41, 5.74) is 13.2. The first kappa shape index (κ1) is 23.8. The Bertz CT molecular complexity index is 197. The Balaban J connectivity index is -0.000000125.